The molecule has 152 valence electrons. The summed E-state index contributed by atoms with van der Waals surface area (Å²) in [6.45, 7) is 9.62. The Kier molecular flexibility index (Phi) is 6.15. The first-order valence-electron chi connectivity index (χ1n) is 9.73. The maximum absolute atomic E-state index is 13.5. The Balaban J connectivity index is 1.96. The van der Waals surface area contributed by atoms with Crippen molar-refractivity contribution in [3.63, 3.8) is 0 Å². The molecule has 0 unspecified atom stereocenters. The zero-order valence-corrected chi connectivity index (χ0v) is 17.9. The van der Waals surface area contributed by atoms with Crippen LogP contribution in [-0.4, -0.2) is 32.0 Å². The minimum absolute atomic E-state index is 0.306. The van der Waals surface area contributed by atoms with Crippen LogP contribution in [0.3, 0.4) is 0 Å². The number of hydrogen-bond acceptors (Lipinski definition) is 4. The number of nitrogens with zero attached hydrogens (tertiary/aromatic N) is 3. The maximum atomic E-state index is 13.5. The Morgan fingerprint density at radius 1 is 0.964 bits per heavy atom. The lowest BCUT2D eigenvalue weighted by Gasteiger charge is -2.34. The van der Waals surface area contributed by atoms with Crippen molar-refractivity contribution in [1.82, 2.24) is 14.7 Å². The fourth-order valence-corrected chi connectivity index (χ4v) is 4.16. The van der Waals surface area contributed by atoms with E-state index in [1.807, 2.05) is 27.7 Å². The van der Waals surface area contributed by atoms with Crippen LogP contribution in [-0.2, 0) is 16.5 Å². The second-order valence-electron chi connectivity index (χ2n) is 8.43. The second kappa shape index (κ2) is 8.25. The molecule has 0 saturated carbocycles. The second-order valence-corrected chi connectivity index (χ2v) is 10.4. The third kappa shape index (κ3) is 4.58. The number of halogens is 1. The fraction of sp³-hybridized carbons (Fsp3) is 0.524. The van der Waals surface area contributed by atoms with Crippen molar-refractivity contribution in [3.8, 4) is 0 Å². The molecule has 1 saturated heterocycles. The molecular weight excluding hydrogens is 375 g/mol. The molecule has 1 aliphatic heterocycles. The summed E-state index contributed by atoms with van der Waals surface area (Å²) in [6.07, 6.45) is 7.13. The topological polar surface area (TPSA) is 58.1 Å². The number of aromatic nitrogens is 2. The molecule has 1 aromatic heterocycles. The number of rotatable bonds is 5. The minimum Gasteiger partial charge on any atom is -0.341 e. The van der Waals surface area contributed by atoms with Gasteiger partial charge in [-0.05, 0) is 64.7 Å². The summed E-state index contributed by atoms with van der Waals surface area (Å²) in [6, 6.07) is 6.25. The van der Waals surface area contributed by atoms with Gasteiger partial charge in [-0.25, -0.2) is 23.3 Å². The summed E-state index contributed by atoms with van der Waals surface area (Å²) in [5.74, 6) is 0.418. The van der Waals surface area contributed by atoms with Crippen LogP contribution in [0.4, 0.5) is 10.3 Å². The highest BCUT2D eigenvalue weighted by molar-refractivity contribution is 7.84. The number of nitrogens with one attached hydrogen (secondary N) is 1. The van der Waals surface area contributed by atoms with E-state index in [2.05, 4.69) is 19.6 Å². The van der Waals surface area contributed by atoms with E-state index in [4.69, 9.17) is 0 Å². The van der Waals surface area contributed by atoms with Crippen molar-refractivity contribution in [1.29, 1.82) is 0 Å². The van der Waals surface area contributed by atoms with Crippen LogP contribution in [0.1, 0.15) is 58.1 Å². The Morgan fingerprint density at radius 2 is 1.54 bits per heavy atom. The molecule has 2 heterocycles. The molecule has 1 fully saturated rings. The largest absolute Gasteiger partial charge is 0.341 e. The normalized spacial score (nSPS) is 18.5. The van der Waals surface area contributed by atoms with E-state index in [1.165, 1.54) is 18.6 Å². The lowest BCUT2D eigenvalue weighted by Crippen LogP contribution is -2.47. The molecule has 1 aromatic carbocycles. The fourth-order valence-electron chi connectivity index (χ4n) is 3.24. The first-order valence-corrected chi connectivity index (χ1v) is 10.9. The van der Waals surface area contributed by atoms with Crippen LogP contribution >= 0.6 is 0 Å². The predicted octanol–water partition coefficient (Wildman–Crippen LogP) is 3.92. The lowest BCUT2D eigenvalue weighted by atomic mass is 9.87. The van der Waals surface area contributed by atoms with E-state index < -0.39 is 21.3 Å². The highest BCUT2D eigenvalue weighted by Gasteiger charge is 2.35. The van der Waals surface area contributed by atoms with Crippen LogP contribution in [0.15, 0.2) is 36.7 Å². The lowest BCUT2D eigenvalue weighted by molar-refractivity contribution is 0.517. The van der Waals surface area contributed by atoms with Gasteiger partial charge in [0.2, 0.25) is 5.95 Å². The minimum atomic E-state index is -1.33. The number of hydrogen-bond donors (Lipinski definition) is 1. The van der Waals surface area contributed by atoms with E-state index >= 15 is 0 Å². The average molecular weight is 405 g/mol. The molecule has 3 rings (SSSR count). The van der Waals surface area contributed by atoms with Gasteiger partial charge in [0.15, 0.2) is 0 Å². The maximum Gasteiger partial charge on any atom is 0.225 e. The third-order valence-electron chi connectivity index (χ3n) is 5.13. The van der Waals surface area contributed by atoms with Crippen molar-refractivity contribution in [2.45, 2.75) is 57.2 Å². The first-order chi connectivity index (χ1) is 13.2. The van der Waals surface area contributed by atoms with Gasteiger partial charge in [0.25, 0.3) is 0 Å². The molecule has 0 amide bonds. The first kappa shape index (κ1) is 20.9. The Morgan fingerprint density at radius 3 is 2.07 bits per heavy atom. The number of piperidine rings is 1. The van der Waals surface area contributed by atoms with Gasteiger partial charge in [0.05, 0.1) is 21.3 Å². The van der Waals surface area contributed by atoms with E-state index in [0.717, 1.165) is 43.0 Å². The zero-order valence-electron chi connectivity index (χ0n) is 17.0. The van der Waals surface area contributed by atoms with Crippen molar-refractivity contribution in [3.05, 3.63) is 53.6 Å². The third-order valence-corrected chi connectivity index (χ3v) is 6.84. The zero-order chi connectivity index (χ0) is 20.4. The van der Waals surface area contributed by atoms with Crippen molar-refractivity contribution in [2.75, 3.05) is 18.0 Å². The molecule has 2 atom stereocenters. The van der Waals surface area contributed by atoms with Gasteiger partial charge in [-0.15, -0.1) is 0 Å². The predicted molar refractivity (Wildman–Crippen MR) is 112 cm³/mol. The monoisotopic (exact) mass is 404 g/mol. The summed E-state index contributed by atoms with van der Waals surface area (Å²) in [4.78, 5) is 11.4. The molecule has 0 bridgehead atoms. The van der Waals surface area contributed by atoms with Crippen molar-refractivity contribution >= 4 is 16.9 Å². The molecule has 1 N–H and O–H groups in total. The molecule has 2 aromatic rings. The Bertz CT molecular complexity index is 814. The van der Waals surface area contributed by atoms with E-state index in [-0.39, 0.29) is 5.82 Å². The van der Waals surface area contributed by atoms with Crippen LogP contribution in [0.25, 0.3) is 0 Å². The van der Waals surface area contributed by atoms with E-state index in [9.17, 15) is 8.60 Å². The standard InChI is InChI=1S/C21H29FN4OS/c1-20(2,3)28(27)25-21(4,16-8-10-18(22)11-9-16)17-14-23-19(24-15-17)26-12-6-5-7-13-26/h8-11,14-15,25H,5-7,12-13H2,1-4H3/t21-,28-/m0/s1. The molecular formula is C21H29FN4OS. The van der Waals surface area contributed by atoms with Gasteiger partial charge >= 0.3 is 0 Å². The number of anilines is 1. The highest BCUT2D eigenvalue weighted by atomic mass is 32.2. The molecule has 1 aliphatic rings. The summed E-state index contributed by atoms with van der Waals surface area (Å²) in [7, 11) is -1.33. The van der Waals surface area contributed by atoms with E-state index in [1.54, 1.807) is 24.5 Å². The summed E-state index contributed by atoms with van der Waals surface area (Å²) in [5.41, 5.74) is 0.782. The molecule has 5 nitrogen and oxygen atoms in total. The summed E-state index contributed by atoms with van der Waals surface area (Å²) in [5, 5.41) is 0. The Labute approximate surface area is 169 Å². The van der Waals surface area contributed by atoms with Crippen molar-refractivity contribution in [2.24, 2.45) is 0 Å². The summed E-state index contributed by atoms with van der Waals surface area (Å²) < 4.78 is 29.2. The SMILES string of the molecule is CC(C)(C)[S@](=O)N[C@@](C)(c1ccc(F)cc1)c1cnc(N2CCCCC2)nc1. The molecule has 7 heteroatoms. The van der Waals surface area contributed by atoms with Gasteiger partial charge in [0, 0.05) is 31.0 Å². The van der Waals surface area contributed by atoms with Gasteiger partial charge in [0.1, 0.15) is 5.82 Å². The molecule has 28 heavy (non-hydrogen) atoms. The van der Waals surface area contributed by atoms with Crippen LogP contribution < -0.4 is 9.62 Å². The molecule has 0 spiro atoms. The smallest absolute Gasteiger partial charge is 0.225 e. The van der Waals surface area contributed by atoms with Crippen LogP contribution in [0, 0.1) is 5.82 Å². The highest BCUT2D eigenvalue weighted by Crippen LogP contribution is 2.31. The quantitative estimate of drug-likeness (QED) is 0.821. The van der Waals surface area contributed by atoms with Gasteiger partial charge in [-0.2, -0.15) is 0 Å². The van der Waals surface area contributed by atoms with Crippen LogP contribution in [0.2, 0.25) is 0 Å². The molecule has 0 radical (unpaired) electrons. The molecule has 0 aliphatic carbocycles. The van der Waals surface area contributed by atoms with Gasteiger partial charge in [-0.1, -0.05) is 12.1 Å². The van der Waals surface area contributed by atoms with Gasteiger partial charge in [-0.3, -0.25) is 0 Å². The van der Waals surface area contributed by atoms with Gasteiger partial charge < -0.3 is 4.90 Å². The summed E-state index contributed by atoms with van der Waals surface area (Å²) >= 11 is 0. The van der Waals surface area contributed by atoms with Crippen LogP contribution in [0.5, 0.6) is 0 Å². The number of benzene rings is 1. The Hall–Kier alpha value is -1.86. The van der Waals surface area contributed by atoms with E-state index in [0.29, 0.717) is 0 Å². The van der Waals surface area contributed by atoms with Crippen molar-refractivity contribution < 1.29 is 8.60 Å². The average Bonchev–Trinajstić information content (AvgIpc) is 2.68.